The predicted molar refractivity (Wildman–Crippen MR) is 53.4 cm³/mol. The number of hydrogen-bond donors (Lipinski definition) is 3. The molecule has 0 saturated heterocycles. The molecule has 0 amide bonds. The molecule has 0 heterocycles. The van der Waals surface area contributed by atoms with Crippen molar-refractivity contribution in [1.29, 1.82) is 0 Å². The van der Waals surface area contributed by atoms with Gasteiger partial charge in [-0.2, -0.15) is 0 Å². The molecule has 0 spiro atoms. The van der Waals surface area contributed by atoms with Crippen molar-refractivity contribution in [3.05, 3.63) is 35.1 Å². The van der Waals surface area contributed by atoms with Crippen LogP contribution < -0.4 is 11.3 Å². The van der Waals surface area contributed by atoms with Gasteiger partial charge in [0, 0.05) is 0 Å². The fourth-order valence-corrected chi connectivity index (χ4v) is 1.22. The Bertz CT molecular complexity index is 395. The molecule has 4 N–H and O–H groups in total. The highest BCUT2D eigenvalue weighted by Crippen LogP contribution is 2.22. The van der Waals surface area contributed by atoms with E-state index < -0.39 is 11.5 Å². The number of nitrogens with two attached hydrogens (primary N) is 1. The molecule has 0 aromatic heterocycles. The molecule has 1 unspecified atom stereocenters. The number of aryl methyl sites for hydroxylation is 1. The highest BCUT2D eigenvalue weighted by Gasteiger charge is 2.34. The summed E-state index contributed by atoms with van der Waals surface area (Å²) in [6.45, 7) is 2.99. The van der Waals surface area contributed by atoms with Gasteiger partial charge >= 0.3 is 5.97 Å². The van der Waals surface area contributed by atoms with Gasteiger partial charge in [-0.3, -0.25) is 5.84 Å². The Kier molecular flexibility index (Phi) is 3.06. The molecule has 0 saturated carbocycles. The van der Waals surface area contributed by atoms with Crippen LogP contribution in [0.3, 0.4) is 0 Å². The monoisotopic (exact) mass is 212 g/mol. The van der Waals surface area contributed by atoms with E-state index in [0.717, 1.165) is 0 Å². The van der Waals surface area contributed by atoms with Gasteiger partial charge in [-0.25, -0.2) is 14.6 Å². The Balaban J connectivity index is 3.25. The number of carboxylic acid groups (broad SMARTS) is 1. The van der Waals surface area contributed by atoms with Gasteiger partial charge in [-0.05, 0) is 31.0 Å². The van der Waals surface area contributed by atoms with E-state index in [2.05, 4.69) is 5.43 Å². The molecule has 1 aromatic rings. The summed E-state index contributed by atoms with van der Waals surface area (Å²) in [5.41, 5.74) is 1.61. The van der Waals surface area contributed by atoms with Gasteiger partial charge in [0.05, 0.1) is 0 Å². The van der Waals surface area contributed by atoms with Gasteiger partial charge in [0.1, 0.15) is 5.82 Å². The first-order valence-electron chi connectivity index (χ1n) is 4.39. The van der Waals surface area contributed by atoms with Crippen LogP contribution in [0.25, 0.3) is 0 Å². The first-order valence-corrected chi connectivity index (χ1v) is 4.39. The molecule has 0 fully saturated rings. The molecule has 0 radical (unpaired) electrons. The van der Waals surface area contributed by atoms with E-state index in [4.69, 9.17) is 10.9 Å². The van der Waals surface area contributed by atoms with Crippen molar-refractivity contribution in [2.45, 2.75) is 19.4 Å². The van der Waals surface area contributed by atoms with Crippen LogP contribution in [0.5, 0.6) is 0 Å². The van der Waals surface area contributed by atoms with Crippen molar-refractivity contribution in [3.63, 3.8) is 0 Å². The highest BCUT2D eigenvalue weighted by molar-refractivity contribution is 5.80. The predicted octanol–water partition coefficient (Wildman–Crippen LogP) is 0.897. The van der Waals surface area contributed by atoms with Crippen molar-refractivity contribution in [3.8, 4) is 0 Å². The minimum Gasteiger partial charge on any atom is -0.480 e. The third-order valence-corrected chi connectivity index (χ3v) is 2.45. The zero-order valence-corrected chi connectivity index (χ0v) is 8.54. The van der Waals surface area contributed by atoms with E-state index >= 15 is 0 Å². The zero-order chi connectivity index (χ0) is 11.6. The number of carboxylic acids is 1. The van der Waals surface area contributed by atoms with Gasteiger partial charge in [0.15, 0.2) is 5.54 Å². The SMILES string of the molecule is Cc1cc(C(C)(NN)C(=O)O)ccc1F. The zero-order valence-electron chi connectivity index (χ0n) is 8.54. The average Bonchev–Trinajstić information content (AvgIpc) is 2.20. The molecule has 0 aliphatic rings. The molecule has 0 aliphatic carbocycles. The van der Waals surface area contributed by atoms with Crippen molar-refractivity contribution in [2.24, 2.45) is 5.84 Å². The maximum absolute atomic E-state index is 13.0. The van der Waals surface area contributed by atoms with Crippen molar-refractivity contribution < 1.29 is 14.3 Å². The standard InChI is InChI=1S/C10H13FN2O2/c1-6-5-7(3-4-8(6)11)10(2,13-12)9(14)15/h3-5,13H,12H2,1-2H3,(H,14,15). The van der Waals surface area contributed by atoms with E-state index in [-0.39, 0.29) is 5.82 Å². The molecular formula is C10H13FN2O2. The number of aliphatic carboxylic acids is 1. The van der Waals surface area contributed by atoms with Crippen LogP contribution in [0.4, 0.5) is 4.39 Å². The van der Waals surface area contributed by atoms with Gasteiger partial charge in [0.2, 0.25) is 0 Å². The molecule has 5 heteroatoms. The van der Waals surface area contributed by atoms with E-state index in [1.54, 1.807) is 6.92 Å². The minimum absolute atomic E-state index is 0.372. The molecule has 15 heavy (non-hydrogen) atoms. The Morgan fingerprint density at radius 3 is 2.60 bits per heavy atom. The lowest BCUT2D eigenvalue weighted by molar-refractivity contribution is -0.144. The van der Waals surface area contributed by atoms with Crippen LogP contribution in [0, 0.1) is 12.7 Å². The quantitative estimate of drug-likeness (QED) is 0.514. The molecule has 1 rings (SSSR count). The summed E-state index contributed by atoms with van der Waals surface area (Å²) in [6, 6.07) is 4.09. The van der Waals surface area contributed by atoms with Gasteiger partial charge in [0.25, 0.3) is 0 Å². The second-order valence-corrected chi connectivity index (χ2v) is 3.54. The summed E-state index contributed by atoms with van der Waals surface area (Å²) >= 11 is 0. The second-order valence-electron chi connectivity index (χ2n) is 3.54. The summed E-state index contributed by atoms with van der Waals surface area (Å²) in [7, 11) is 0. The summed E-state index contributed by atoms with van der Waals surface area (Å²) in [5.74, 6) is 3.72. The third-order valence-electron chi connectivity index (χ3n) is 2.45. The summed E-state index contributed by atoms with van der Waals surface area (Å²) < 4.78 is 13.0. The summed E-state index contributed by atoms with van der Waals surface area (Å²) in [4.78, 5) is 11.0. The number of hydrazine groups is 1. The van der Waals surface area contributed by atoms with E-state index in [1.165, 1.54) is 25.1 Å². The van der Waals surface area contributed by atoms with Crippen molar-refractivity contribution in [1.82, 2.24) is 5.43 Å². The minimum atomic E-state index is -1.40. The first kappa shape index (κ1) is 11.6. The summed E-state index contributed by atoms with van der Waals surface area (Å²) in [6.07, 6.45) is 0. The van der Waals surface area contributed by atoms with Crippen LogP contribution in [0.1, 0.15) is 18.1 Å². The number of carbonyl (C=O) groups is 1. The van der Waals surface area contributed by atoms with Gasteiger partial charge in [-0.1, -0.05) is 12.1 Å². The molecular weight excluding hydrogens is 199 g/mol. The second kappa shape index (κ2) is 3.96. The summed E-state index contributed by atoms with van der Waals surface area (Å²) in [5, 5.41) is 9.01. The Morgan fingerprint density at radius 2 is 2.20 bits per heavy atom. The van der Waals surface area contributed by atoms with Crippen LogP contribution in [0.15, 0.2) is 18.2 Å². The van der Waals surface area contributed by atoms with Gasteiger partial charge < -0.3 is 5.11 Å². The largest absolute Gasteiger partial charge is 0.480 e. The fraction of sp³-hybridized carbons (Fsp3) is 0.300. The molecule has 0 aliphatic heterocycles. The Hall–Kier alpha value is -1.46. The first-order chi connectivity index (χ1) is 6.91. The van der Waals surface area contributed by atoms with Crippen molar-refractivity contribution in [2.75, 3.05) is 0 Å². The number of halogens is 1. The lowest BCUT2D eigenvalue weighted by atomic mass is 9.92. The van der Waals surface area contributed by atoms with E-state index in [0.29, 0.717) is 11.1 Å². The van der Waals surface area contributed by atoms with Crippen LogP contribution in [-0.4, -0.2) is 11.1 Å². The number of benzene rings is 1. The lowest BCUT2D eigenvalue weighted by Crippen LogP contribution is -2.50. The van der Waals surface area contributed by atoms with Crippen LogP contribution in [-0.2, 0) is 10.3 Å². The van der Waals surface area contributed by atoms with E-state index in [9.17, 15) is 9.18 Å². The molecule has 4 nitrogen and oxygen atoms in total. The lowest BCUT2D eigenvalue weighted by Gasteiger charge is -2.24. The van der Waals surface area contributed by atoms with E-state index in [1.807, 2.05) is 0 Å². The normalized spacial score (nSPS) is 14.7. The maximum Gasteiger partial charge on any atom is 0.329 e. The number of nitrogens with one attached hydrogen (secondary N) is 1. The molecule has 0 bridgehead atoms. The van der Waals surface area contributed by atoms with Crippen molar-refractivity contribution >= 4 is 5.97 Å². The third kappa shape index (κ3) is 1.98. The number of rotatable bonds is 3. The smallest absolute Gasteiger partial charge is 0.329 e. The number of hydrogen-bond acceptors (Lipinski definition) is 3. The highest BCUT2D eigenvalue weighted by atomic mass is 19.1. The van der Waals surface area contributed by atoms with Crippen LogP contribution in [0.2, 0.25) is 0 Å². The average molecular weight is 212 g/mol. The van der Waals surface area contributed by atoms with Gasteiger partial charge in [-0.15, -0.1) is 0 Å². The molecule has 1 aromatic carbocycles. The fourth-order valence-electron chi connectivity index (χ4n) is 1.22. The maximum atomic E-state index is 13.0. The Morgan fingerprint density at radius 1 is 1.60 bits per heavy atom. The van der Waals surface area contributed by atoms with Crippen LogP contribution >= 0.6 is 0 Å². The Labute approximate surface area is 86.9 Å². The topological polar surface area (TPSA) is 75.3 Å². The molecule has 82 valence electrons. The molecule has 1 atom stereocenters.